The normalized spacial score (nSPS) is 16.4. The van der Waals surface area contributed by atoms with Gasteiger partial charge in [-0.15, -0.1) is 21.8 Å². The van der Waals surface area contributed by atoms with Crippen molar-refractivity contribution in [2.45, 2.75) is 32.1 Å². The molecule has 0 aromatic carbocycles. The molecule has 0 amide bonds. The average Bonchev–Trinajstić information content (AvgIpc) is 2.81. The van der Waals surface area contributed by atoms with E-state index in [0.29, 0.717) is 5.88 Å². The fourth-order valence-corrected chi connectivity index (χ4v) is 1.39. The maximum Gasteiger partial charge on any atom is 0.216 e. The molecule has 1 aliphatic rings. The van der Waals surface area contributed by atoms with Crippen LogP contribution in [0.15, 0.2) is 4.42 Å². The Morgan fingerprint density at radius 1 is 1.31 bits per heavy atom. The van der Waals surface area contributed by atoms with Gasteiger partial charge in [-0.2, -0.15) is 0 Å². The second kappa shape index (κ2) is 4.09. The highest BCUT2D eigenvalue weighted by molar-refractivity contribution is 6.17. The molecule has 1 heterocycles. The van der Waals surface area contributed by atoms with Crippen LogP contribution in [0.3, 0.4) is 0 Å². The van der Waals surface area contributed by atoms with Gasteiger partial charge in [-0.25, -0.2) is 0 Å². The van der Waals surface area contributed by atoms with Crippen molar-refractivity contribution in [3.63, 3.8) is 0 Å². The number of hydrogen-bond donors (Lipinski definition) is 0. The Hall–Kier alpha value is -0.570. The smallest absolute Gasteiger partial charge is 0.216 e. The van der Waals surface area contributed by atoms with Crippen LogP contribution < -0.4 is 0 Å². The van der Waals surface area contributed by atoms with Gasteiger partial charge in [-0.1, -0.05) is 0 Å². The molecule has 0 N–H and O–H groups in total. The van der Waals surface area contributed by atoms with Crippen LogP contribution in [-0.2, 0) is 12.8 Å². The number of hydrogen-bond acceptors (Lipinski definition) is 3. The fraction of sp³-hybridized carbons (Fsp3) is 0.778. The molecule has 1 saturated carbocycles. The highest BCUT2D eigenvalue weighted by Gasteiger charge is 2.24. The summed E-state index contributed by atoms with van der Waals surface area (Å²) in [5.41, 5.74) is 0. The Kier molecular flexibility index (Phi) is 2.83. The maximum absolute atomic E-state index is 5.56. The maximum atomic E-state index is 5.56. The molecule has 1 aromatic rings. The molecule has 0 saturated heterocycles. The monoisotopic (exact) mass is 200 g/mol. The summed E-state index contributed by atoms with van der Waals surface area (Å²) in [6.07, 6.45) is 5.32. The Morgan fingerprint density at radius 2 is 2.08 bits per heavy atom. The van der Waals surface area contributed by atoms with Crippen LogP contribution in [0.2, 0.25) is 0 Å². The molecule has 0 radical (unpaired) electrons. The number of rotatable bonds is 5. The van der Waals surface area contributed by atoms with Crippen LogP contribution in [0.4, 0.5) is 0 Å². The summed E-state index contributed by atoms with van der Waals surface area (Å²) in [5.74, 6) is 2.99. The van der Waals surface area contributed by atoms with Crippen molar-refractivity contribution < 1.29 is 4.42 Å². The van der Waals surface area contributed by atoms with E-state index in [9.17, 15) is 0 Å². The highest BCUT2D eigenvalue weighted by Crippen LogP contribution is 2.32. The molecule has 0 atom stereocenters. The molecular weight excluding hydrogens is 188 g/mol. The second-order valence-corrected chi connectivity index (χ2v) is 3.91. The van der Waals surface area contributed by atoms with Crippen LogP contribution in [-0.4, -0.2) is 16.1 Å². The number of alkyl halides is 1. The van der Waals surface area contributed by atoms with Gasteiger partial charge in [0, 0.05) is 18.7 Å². The average molecular weight is 201 g/mol. The van der Waals surface area contributed by atoms with E-state index in [1.54, 1.807) is 0 Å². The lowest BCUT2D eigenvalue weighted by Gasteiger charge is -1.90. The van der Waals surface area contributed by atoms with E-state index in [4.69, 9.17) is 16.0 Å². The second-order valence-electron chi connectivity index (χ2n) is 3.53. The minimum Gasteiger partial charge on any atom is -0.425 e. The van der Waals surface area contributed by atoms with Gasteiger partial charge < -0.3 is 4.42 Å². The summed E-state index contributed by atoms with van der Waals surface area (Å²) in [7, 11) is 0. The molecule has 3 nitrogen and oxygen atoms in total. The van der Waals surface area contributed by atoms with Gasteiger partial charge in [-0.05, 0) is 25.2 Å². The van der Waals surface area contributed by atoms with Gasteiger partial charge in [0.05, 0.1) is 0 Å². The third-order valence-electron chi connectivity index (χ3n) is 2.19. The Balaban J connectivity index is 1.84. The van der Waals surface area contributed by atoms with Gasteiger partial charge in [0.25, 0.3) is 0 Å². The zero-order chi connectivity index (χ0) is 9.10. The van der Waals surface area contributed by atoms with E-state index in [1.165, 1.54) is 12.8 Å². The summed E-state index contributed by atoms with van der Waals surface area (Å²) in [4.78, 5) is 0. The molecule has 2 rings (SSSR count). The summed E-state index contributed by atoms with van der Waals surface area (Å²) in [6.45, 7) is 0. The van der Waals surface area contributed by atoms with Crippen LogP contribution >= 0.6 is 11.6 Å². The van der Waals surface area contributed by atoms with Crippen LogP contribution in [0.5, 0.6) is 0 Å². The number of aromatic nitrogens is 2. The molecule has 0 unspecified atom stereocenters. The molecule has 1 aromatic heterocycles. The van der Waals surface area contributed by atoms with Crippen molar-refractivity contribution >= 4 is 11.6 Å². The van der Waals surface area contributed by atoms with Gasteiger partial charge in [-0.3, -0.25) is 0 Å². The standard InChI is InChI=1S/C9H13ClN2O/c10-5-1-2-8-11-12-9(13-8)6-7-3-4-7/h7H,1-6H2. The molecule has 1 aliphatic carbocycles. The van der Waals surface area contributed by atoms with Crippen LogP contribution in [0.25, 0.3) is 0 Å². The minimum atomic E-state index is 0.653. The van der Waals surface area contributed by atoms with E-state index in [0.717, 1.165) is 37.0 Å². The SMILES string of the molecule is ClCCCc1nnc(CC2CC2)o1. The summed E-state index contributed by atoms with van der Waals surface area (Å²) in [6, 6.07) is 0. The molecule has 13 heavy (non-hydrogen) atoms. The zero-order valence-corrected chi connectivity index (χ0v) is 8.26. The van der Waals surface area contributed by atoms with E-state index in [-0.39, 0.29) is 0 Å². The van der Waals surface area contributed by atoms with Crippen LogP contribution in [0, 0.1) is 5.92 Å². The molecule has 1 fully saturated rings. The molecule has 0 spiro atoms. The number of aryl methyl sites for hydroxylation is 1. The van der Waals surface area contributed by atoms with E-state index in [1.807, 2.05) is 0 Å². The first kappa shape index (κ1) is 9.00. The predicted octanol–water partition coefficient (Wildman–Crippen LogP) is 2.19. The molecular formula is C9H13ClN2O. The predicted molar refractivity (Wildman–Crippen MR) is 49.8 cm³/mol. The molecule has 0 bridgehead atoms. The fourth-order valence-electron chi connectivity index (χ4n) is 1.26. The van der Waals surface area contributed by atoms with Crippen molar-refractivity contribution in [1.29, 1.82) is 0 Å². The Morgan fingerprint density at radius 3 is 2.77 bits per heavy atom. The van der Waals surface area contributed by atoms with Gasteiger partial charge >= 0.3 is 0 Å². The third-order valence-corrected chi connectivity index (χ3v) is 2.46. The lowest BCUT2D eigenvalue weighted by Crippen LogP contribution is -1.85. The zero-order valence-electron chi connectivity index (χ0n) is 7.50. The number of nitrogens with zero attached hydrogens (tertiary/aromatic N) is 2. The lowest BCUT2D eigenvalue weighted by molar-refractivity contribution is 0.439. The van der Waals surface area contributed by atoms with E-state index < -0.39 is 0 Å². The van der Waals surface area contributed by atoms with E-state index in [2.05, 4.69) is 10.2 Å². The van der Waals surface area contributed by atoms with Crippen LogP contribution in [0.1, 0.15) is 31.0 Å². The third kappa shape index (κ3) is 2.69. The first-order valence-electron chi connectivity index (χ1n) is 4.75. The molecule has 72 valence electrons. The van der Waals surface area contributed by atoms with Crippen molar-refractivity contribution in [2.75, 3.05) is 5.88 Å². The number of halogens is 1. The Labute approximate surface area is 82.5 Å². The summed E-state index contributed by atoms with van der Waals surface area (Å²) < 4.78 is 5.46. The summed E-state index contributed by atoms with van der Waals surface area (Å²) >= 11 is 5.56. The van der Waals surface area contributed by atoms with Crippen molar-refractivity contribution in [3.05, 3.63) is 11.8 Å². The van der Waals surface area contributed by atoms with Crippen molar-refractivity contribution in [3.8, 4) is 0 Å². The minimum absolute atomic E-state index is 0.653. The highest BCUT2D eigenvalue weighted by atomic mass is 35.5. The quantitative estimate of drug-likeness (QED) is 0.684. The van der Waals surface area contributed by atoms with Gasteiger partial charge in [0.1, 0.15) is 0 Å². The van der Waals surface area contributed by atoms with Gasteiger partial charge in [0.2, 0.25) is 11.8 Å². The Bertz CT molecular complexity index is 270. The van der Waals surface area contributed by atoms with Crippen molar-refractivity contribution in [1.82, 2.24) is 10.2 Å². The summed E-state index contributed by atoms with van der Waals surface area (Å²) in [5, 5.41) is 7.95. The molecule has 0 aliphatic heterocycles. The largest absolute Gasteiger partial charge is 0.425 e. The topological polar surface area (TPSA) is 38.9 Å². The van der Waals surface area contributed by atoms with E-state index >= 15 is 0 Å². The van der Waals surface area contributed by atoms with Crippen molar-refractivity contribution in [2.24, 2.45) is 5.92 Å². The van der Waals surface area contributed by atoms with Gasteiger partial charge in [0.15, 0.2) is 0 Å². The molecule has 4 heteroatoms. The lowest BCUT2D eigenvalue weighted by atomic mass is 10.3. The first-order chi connectivity index (χ1) is 6.38. The first-order valence-corrected chi connectivity index (χ1v) is 5.29.